The summed E-state index contributed by atoms with van der Waals surface area (Å²) in [5.74, 6) is 0. The quantitative estimate of drug-likeness (QED) is 0.542. The van der Waals surface area contributed by atoms with Gasteiger partial charge in [-0.25, -0.2) is 0 Å². The van der Waals surface area contributed by atoms with Gasteiger partial charge in [0.2, 0.25) is 0 Å². The monoisotopic (exact) mass is 274 g/mol. The van der Waals surface area contributed by atoms with Crippen LogP contribution in [0, 0.1) is 10.8 Å². The van der Waals surface area contributed by atoms with Crippen molar-refractivity contribution in [1.29, 1.82) is 0 Å². The van der Waals surface area contributed by atoms with E-state index < -0.39 is 0 Å². The summed E-state index contributed by atoms with van der Waals surface area (Å²) >= 11 is 0. The molecule has 0 aliphatic heterocycles. The molecule has 3 N–H and O–H groups in total. The lowest BCUT2D eigenvalue weighted by Gasteiger charge is -2.36. The third kappa shape index (κ3) is 9.42. The highest BCUT2D eigenvalue weighted by Gasteiger charge is 2.30. The standard InChI is InChI=1S/C16H34O3/c1-15(2,3)10-11-16(7-4-12-17,8-5-13-18)9-6-14-19/h17-19H,4-14H2,1-3H3. The van der Waals surface area contributed by atoms with Gasteiger partial charge in [-0.1, -0.05) is 20.8 Å². The molecular weight excluding hydrogens is 240 g/mol. The highest BCUT2D eigenvalue weighted by molar-refractivity contribution is 4.81. The minimum absolute atomic E-state index is 0.182. The normalized spacial score (nSPS) is 12.9. The largest absolute Gasteiger partial charge is 0.396 e. The van der Waals surface area contributed by atoms with Crippen molar-refractivity contribution in [2.45, 2.75) is 72.1 Å². The summed E-state index contributed by atoms with van der Waals surface area (Å²) < 4.78 is 0. The van der Waals surface area contributed by atoms with Crippen LogP contribution >= 0.6 is 0 Å². The number of hydrogen-bond acceptors (Lipinski definition) is 3. The molecule has 0 saturated heterocycles. The van der Waals surface area contributed by atoms with Crippen LogP contribution in [0.15, 0.2) is 0 Å². The highest BCUT2D eigenvalue weighted by Crippen LogP contribution is 2.42. The Morgan fingerprint density at radius 3 is 1.21 bits per heavy atom. The van der Waals surface area contributed by atoms with Crippen LogP contribution in [0.3, 0.4) is 0 Å². The molecule has 116 valence electrons. The van der Waals surface area contributed by atoms with E-state index in [0.717, 1.165) is 51.4 Å². The van der Waals surface area contributed by atoms with Crippen molar-refractivity contribution in [2.75, 3.05) is 19.8 Å². The second-order valence-corrected chi connectivity index (χ2v) is 7.04. The summed E-state index contributed by atoms with van der Waals surface area (Å²) in [6, 6.07) is 0. The zero-order chi connectivity index (χ0) is 14.8. The number of aliphatic hydroxyl groups is 3. The fourth-order valence-corrected chi connectivity index (χ4v) is 2.75. The maximum atomic E-state index is 9.11. The molecule has 0 aromatic rings. The van der Waals surface area contributed by atoms with Gasteiger partial charge in [-0.05, 0) is 62.2 Å². The van der Waals surface area contributed by atoms with Crippen LogP contribution in [0.2, 0.25) is 0 Å². The van der Waals surface area contributed by atoms with Crippen LogP contribution in [-0.2, 0) is 0 Å². The van der Waals surface area contributed by atoms with E-state index in [-0.39, 0.29) is 25.2 Å². The highest BCUT2D eigenvalue weighted by atomic mass is 16.3. The summed E-state index contributed by atoms with van der Waals surface area (Å²) in [6.07, 6.45) is 7.73. The Kier molecular flexibility index (Phi) is 9.67. The van der Waals surface area contributed by atoms with Crippen LogP contribution in [0.5, 0.6) is 0 Å². The Hall–Kier alpha value is -0.120. The van der Waals surface area contributed by atoms with E-state index in [1.165, 1.54) is 0 Å². The Bertz CT molecular complexity index is 187. The van der Waals surface area contributed by atoms with Gasteiger partial charge in [-0.3, -0.25) is 0 Å². The summed E-state index contributed by atoms with van der Waals surface area (Å²) in [7, 11) is 0. The Labute approximate surface area is 119 Å². The predicted molar refractivity (Wildman–Crippen MR) is 80.1 cm³/mol. The van der Waals surface area contributed by atoms with Crippen molar-refractivity contribution in [3.8, 4) is 0 Å². The second kappa shape index (κ2) is 9.73. The smallest absolute Gasteiger partial charge is 0.0431 e. The molecule has 3 heteroatoms. The van der Waals surface area contributed by atoms with E-state index >= 15 is 0 Å². The van der Waals surface area contributed by atoms with Gasteiger partial charge in [0.05, 0.1) is 0 Å². The third-order valence-corrected chi connectivity index (χ3v) is 4.00. The Morgan fingerprint density at radius 2 is 0.947 bits per heavy atom. The zero-order valence-electron chi connectivity index (χ0n) is 13.1. The Morgan fingerprint density at radius 1 is 0.579 bits per heavy atom. The van der Waals surface area contributed by atoms with Crippen molar-refractivity contribution in [3.63, 3.8) is 0 Å². The van der Waals surface area contributed by atoms with Crippen LogP contribution in [0.1, 0.15) is 72.1 Å². The van der Waals surface area contributed by atoms with Crippen LogP contribution in [-0.4, -0.2) is 35.1 Å². The first-order valence-electron chi connectivity index (χ1n) is 7.72. The van der Waals surface area contributed by atoms with E-state index in [2.05, 4.69) is 20.8 Å². The summed E-state index contributed by atoms with van der Waals surface area (Å²) in [5.41, 5.74) is 0.490. The molecule has 0 aliphatic rings. The first-order chi connectivity index (χ1) is 8.89. The molecule has 3 nitrogen and oxygen atoms in total. The van der Waals surface area contributed by atoms with Gasteiger partial charge >= 0.3 is 0 Å². The average molecular weight is 274 g/mol. The maximum Gasteiger partial charge on any atom is 0.0431 e. The van der Waals surface area contributed by atoms with Crippen molar-refractivity contribution < 1.29 is 15.3 Å². The second-order valence-electron chi connectivity index (χ2n) is 7.04. The molecule has 0 radical (unpaired) electrons. The fourth-order valence-electron chi connectivity index (χ4n) is 2.75. The molecule has 0 atom stereocenters. The van der Waals surface area contributed by atoms with Crippen molar-refractivity contribution in [2.24, 2.45) is 10.8 Å². The lowest BCUT2D eigenvalue weighted by atomic mass is 9.69. The molecule has 0 saturated carbocycles. The average Bonchev–Trinajstić information content (AvgIpc) is 2.36. The van der Waals surface area contributed by atoms with Gasteiger partial charge in [0.25, 0.3) is 0 Å². The molecule has 0 fully saturated rings. The molecule has 0 amide bonds. The summed E-state index contributed by atoms with van der Waals surface area (Å²) in [6.45, 7) is 7.45. The van der Waals surface area contributed by atoms with E-state index in [1.54, 1.807) is 0 Å². The van der Waals surface area contributed by atoms with Gasteiger partial charge < -0.3 is 15.3 Å². The molecule has 0 rings (SSSR count). The summed E-state index contributed by atoms with van der Waals surface area (Å²) in [4.78, 5) is 0. The van der Waals surface area contributed by atoms with E-state index in [1.807, 2.05) is 0 Å². The van der Waals surface area contributed by atoms with Gasteiger partial charge in [-0.15, -0.1) is 0 Å². The number of rotatable bonds is 11. The topological polar surface area (TPSA) is 60.7 Å². The molecule has 19 heavy (non-hydrogen) atoms. The van der Waals surface area contributed by atoms with Gasteiger partial charge in [0.1, 0.15) is 0 Å². The minimum atomic E-state index is 0.182. The minimum Gasteiger partial charge on any atom is -0.396 e. The lowest BCUT2D eigenvalue weighted by Crippen LogP contribution is -2.25. The van der Waals surface area contributed by atoms with Gasteiger partial charge in [0, 0.05) is 19.8 Å². The van der Waals surface area contributed by atoms with Crippen LogP contribution < -0.4 is 0 Å². The molecular formula is C16H34O3. The van der Waals surface area contributed by atoms with E-state index in [9.17, 15) is 0 Å². The molecule has 0 bridgehead atoms. The third-order valence-electron chi connectivity index (χ3n) is 4.00. The van der Waals surface area contributed by atoms with E-state index in [4.69, 9.17) is 15.3 Å². The lowest BCUT2D eigenvalue weighted by molar-refractivity contribution is 0.120. The maximum absolute atomic E-state index is 9.11. The van der Waals surface area contributed by atoms with Crippen LogP contribution in [0.4, 0.5) is 0 Å². The fraction of sp³-hybridized carbons (Fsp3) is 1.00. The van der Waals surface area contributed by atoms with Crippen molar-refractivity contribution in [3.05, 3.63) is 0 Å². The summed E-state index contributed by atoms with van der Waals surface area (Å²) in [5, 5.41) is 27.3. The van der Waals surface area contributed by atoms with Crippen molar-refractivity contribution in [1.82, 2.24) is 0 Å². The van der Waals surface area contributed by atoms with E-state index in [0.29, 0.717) is 5.41 Å². The first-order valence-corrected chi connectivity index (χ1v) is 7.72. The molecule has 0 spiro atoms. The molecule has 0 aromatic carbocycles. The van der Waals surface area contributed by atoms with Gasteiger partial charge in [0.15, 0.2) is 0 Å². The van der Waals surface area contributed by atoms with Crippen molar-refractivity contribution >= 4 is 0 Å². The first kappa shape index (κ1) is 18.9. The predicted octanol–water partition coefficient (Wildman–Crippen LogP) is 3.12. The zero-order valence-corrected chi connectivity index (χ0v) is 13.1. The molecule has 0 unspecified atom stereocenters. The number of hydrogen-bond donors (Lipinski definition) is 3. The number of aliphatic hydroxyl groups excluding tert-OH is 3. The van der Waals surface area contributed by atoms with Crippen LogP contribution in [0.25, 0.3) is 0 Å². The van der Waals surface area contributed by atoms with Gasteiger partial charge in [-0.2, -0.15) is 0 Å². The Balaban J connectivity index is 4.66. The molecule has 0 aromatic heterocycles. The SMILES string of the molecule is CC(C)(C)CCC(CCCO)(CCCO)CCCO. The molecule has 0 heterocycles. The molecule has 0 aliphatic carbocycles.